The smallest absolute Gasteiger partial charge is 0.297 e. The van der Waals surface area contributed by atoms with Crippen molar-refractivity contribution in [1.29, 1.82) is 0 Å². The molecule has 0 bridgehead atoms. The number of benzene rings is 3. The molecule has 172 valence electrons. The van der Waals surface area contributed by atoms with Crippen LogP contribution in [-0.2, 0) is 22.5 Å². The zero-order valence-electron chi connectivity index (χ0n) is 19.5. The third-order valence-electron chi connectivity index (χ3n) is 6.49. The first-order valence-electron chi connectivity index (χ1n) is 11.4. The van der Waals surface area contributed by atoms with Crippen molar-refractivity contribution >= 4 is 50.7 Å². The number of aryl methyl sites for hydroxylation is 1. The molecule has 1 amide bonds. The van der Waals surface area contributed by atoms with E-state index in [1.54, 1.807) is 12.0 Å². The van der Waals surface area contributed by atoms with Crippen molar-refractivity contribution in [3.63, 3.8) is 0 Å². The van der Waals surface area contributed by atoms with Crippen molar-refractivity contribution < 1.29 is 14.3 Å². The van der Waals surface area contributed by atoms with Gasteiger partial charge in [0.25, 0.3) is 11.1 Å². The lowest BCUT2D eigenvalue weighted by Gasteiger charge is -2.12. The molecule has 2 heterocycles. The number of methoxy groups -OCH3 is 1. The van der Waals surface area contributed by atoms with Crippen LogP contribution in [0.2, 0.25) is 0 Å². The second-order valence-electron chi connectivity index (χ2n) is 8.37. The van der Waals surface area contributed by atoms with Gasteiger partial charge < -0.3 is 14.0 Å². The van der Waals surface area contributed by atoms with Gasteiger partial charge in [0.05, 0.1) is 7.11 Å². The molecule has 0 spiro atoms. The minimum absolute atomic E-state index is 0.188. The highest BCUT2D eigenvalue weighted by Crippen LogP contribution is 2.33. The van der Waals surface area contributed by atoms with E-state index in [0.717, 1.165) is 29.0 Å². The van der Waals surface area contributed by atoms with E-state index in [4.69, 9.17) is 21.7 Å². The molecule has 1 aliphatic rings. The molecule has 5 nitrogen and oxygen atoms in total. The summed E-state index contributed by atoms with van der Waals surface area (Å²) in [5.74, 6) is 0.921. The molecule has 0 radical (unpaired) electrons. The number of nitrogens with zero attached hydrogens (tertiary/aromatic N) is 2. The van der Waals surface area contributed by atoms with Crippen LogP contribution < -0.4 is 4.74 Å². The molecule has 6 heteroatoms. The summed E-state index contributed by atoms with van der Waals surface area (Å²) < 4.78 is 13.3. The number of carbonyl (C=O) groups excluding carboxylic acids is 1. The van der Waals surface area contributed by atoms with Gasteiger partial charge in [0.2, 0.25) is 0 Å². The third-order valence-corrected chi connectivity index (χ3v) is 6.80. The maximum Gasteiger partial charge on any atom is 0.297 e. The SMILES string of the molecule is CCn1c2ccccc2c2cc(/C(C)=C3/OC(=S)N(CCc4ccc(OC)cc4)C3=O)ccc21. The molecule has 1 saturated heterocycles. The Balaban J connectivity index is 1.44. The average molecular weight is 471 g/mol. The average Bonchev–Trinajstić information content (AvgIpc) is 3.35. The molecule has 1 aliphatic heterocycles. The van der Waals surface area contributed by atoms with Crippen LogP contribution >= 0.6 is 12.2 Å². The largest absolute Gasteiger partial charge is 0.497 e. The van der Waals surface area contributed by atoms with E-state index in [1.807, 2.05) is 31.2 Å². The van der Waals surface area contributed by atoms with Crippen LogP contribution in [0.4, 0.5) is 0 Å². The van der Waals surface area contributed by atoms with Gasteiger partial charge in [0.1, 0.15) is 5.75 Å². The molecular weight excluding hydrogens is 444 g/mol. The molecule has 5 rings (SSSR count). The van der Waals surface area contributed by atoms with Crippen LogP contribution in [0, 0.1) is 0 Å². The van der Waals surface area contributed by atoms with Crippen molar-refractivity contribution in [3.8, 4) is 5.75 Å². The maximum absolute atomic E-state index is 13.2. The van der Waals surface area contributed by atoms with Crippen LogP contribution in [0.15, 0.2) is 72.5 Å². The number of para-hydroxylation sites is 1. The van der Waals surface area contributed by atoms with Crippen molar-refractivity contribution in [2.24, 2.45) is 0 Å². The summed E-state index contributed by atoms with van der Waals surface area (Å²) in [6.45, 7) is 5.43. The standard InChI is InChI=1S/C28H26N2O3S/c1-4-29-24-8-6-5-7-22(24)23-17-20(11-14-25(23)29)18(2)26-27(31)30(28(34)33-26)16-15-19-9-12-21(32-3)13-10-19/h5-14,17H,4,15-16H2,1-3H3/b26-18+. The molecule has 0 atom stereocenters. The Kier molecular flexibility index (Phi) is 5.84. The van der Waals surface area contributed by atoms with E-state index < -0.39 is 0 Å². The fraction of sp³-hybridized carbons (Fsp3) is 0.214. The van der Waals surface area contributed by atoms with Gasteiger partial charge in [-0.1, -0.05) is 36.4 Å². The number of hydrogen-bond acceptors (Lipinski definition) is 4. The molecule has 0 unspecified atom stereocenters. The number of thiocarbonyl (C=S) groups is 1. The molecule has 1 aromatic heterocycles. The highest BCUT2D eigenvalue weighted by molar-refractivity contribution is 7.80. The summed E-state index contributed by atoms with van der Waals surface area (Å²) in [6.07, 6.45) is 0.675. The number of rotatable bonds is 6. The molecule has 0 N–H and O–H groups in total. The predicted octanol–water partition coefficient (Wildman–Crippen LogP) is 5.94. The number of allylic oxidation sites excluding steroid dienone is 1. The zero-order valence-corrected chi connectivity index (χ0v) is 20.3. The quantitative estimate of drug-likeness (QED) is 0.258. The van der Waals surface area contributed by atoms with E-state index in [9.17, 15) is 4.79 Å². The van der Waals surface area contributed by atoms with Gasteiger partial charge in [-0.05, 0) is 73.9 Å². The maximum atomic E-state index is 13.2. The zero-order chi connectivity index (χ0) is 23.8. The summed E-state index contributed by atoms with van der Waals surface area (Å²) in [5, 5.41) is 2.57. The Hall–Kier alpha value is -3.64. The lowest BCUT2D eigenvalue weighted by atomic mass is 10.0. The van der Waals surface area contributed by atoms with Gasteiger partial charge >= 0.3 is 0 Å². The molecule has 1 fully saturated rings. The van der Waals surface area contributed by atoms with Gasteiger partial charge in [0.15, 0.2) is 5.76 Å². The number of amides is 1. The lowest BCUT2D eigenvalue weighted by Crippen LogP contribution is -2.30. The monoisotopic (exact) mass is 470 g/mol. The summed E-state index contributed by atoms with van der Waals surface area (Å²) in [4.78, 5) is 14.8. The van der Waals surface area contributed by atoms with Crippen molar-refractivity contribution in [2.75, 3.05) is 13.7 Å². The Morgan fingerprint density at radius 3 is 2.47 bits per heavy atom. The fourth-order valence-corrected chi connectivity index (χ4v) is 4.87. The number of hydrogen-bond donors (Lipinski definition) is 0. The molecular formula is C28H26N2O3S. The molecule has 4 aromatic rings. The number of aromatic nitrogens is 1. The van der Waals surface area contributed by atoms with E-state index in [-0.39, 0.29) is 11.1 Å². The normalized spacial score (nSPS) is 15.3. The van der Waals surface area contributed by atoms with Gasteiger partial charge in [0, 0.05) is 40.5 Å². The van der Waals surface area contributed by atoms with Crippen molar-refractivity contribution in [3.05, 3.63) is 83.6 Å². The van der Waals surface area contributed by atoms with Crippen LogP contribution in [-0.4, -0.2) is 34.2 Å². The second-order valence-corrected chi connectivity index (χ2v) is 8.72. The number of ether oxygens (including phenoxy) is 2. The van der Waals surface area contributed by atoms with Crippen LogP contribution in [0.5, 0.6) is 5.75 Å². The Labute approximate surface area is 204 Å². The highest BCUT2D eigenvalue weighted by Gasteiger charge is 2.35. The van der Waals surface area contributed by atoms with E-state index in [0.29, 0.717) is 18.7 Å². The van der Waals surface area contributed by atoms with E-state index in [1.165, 1.54) is 21.8 Å². The van der Waals surface area contributed by atoms with Gasteiger partial charge in [-0.2, -0.15) is 0 Å². The Morgan fingerprint density at radius 2 is 1.74 bits per heavy atom. The summed E-state index contributed by atoms with van der Waals surface area (Å²) in [5.41, 5.74) is 5.23. The second kappa shape index (κ2) is 8.95. The topological polar surface area (TPSA) is 43.7 Å². The van der Waals surface area contributed by atoms with E-state index >= 15 is 0 Å². The van der Waals surface area contributed by atoms with Crippen LogP contribution in [0.1, 0.15) is 25.0 Å². The van der Waals surface area contributed by atoms with Crippen molar-refractivity contribution in [1.82, 2.24) is 9.47 Å². The summed E-state index contributed by atoms with van der Waals surface area (Å²) in [7, 11) is 1.64. The summed E-state index contributed by atoms with van der Waals surface area (Å²) in [6, 6.07) is 22.5. The van der Waals surface area contributed by atoms with Gasteiger partial charge in [-0.3, -0.25) is 9.69 Å². The van der Waals surface area contributed by atoms with Gasteiger partial charge in [-0.25, -0.2) is 0 Å². The van der Waals surface area contributed by atoms with Crippen LogP contribution in [0.3, 0.4) is 0 Å². The summed E-state index contributed by atoms with van der Waals surface area (Å²) >= 11 is 5.40. The Bertz CT molecular complexity index is 1450. The third kappa shape index (κ3) is 3.74. The fourth-order valence-electron chi connectivity index (χ4n) is 4.61. The minimum Gasteiger partial charge on any atom is -0.497 e. The minimum atomic E-state index is -0.188. The lowest BCUT2D eigenvalue weighted by molar-refractivity contribution is -0.122. The number of carbonyl (C=O) groups is 1. The predicted molar refractivity (Wildman–Crippen MR) is 140 cm³/mol. The molecule has 0 aliphatic carbocycles. The first-order chi connectivity index (χ1) is 16.5. The van der Waals surface area contributed by atoms with Crippen LogP contribution in [0.25, 0.3) is 27.4 Å². The van der Waals surface area contributed by atoms with Crippen molar-refractivity contribution in [2.45, 2.75) is 26.8 Å². The van der Waals surface area contributed by atoms with E-state index in [2.05, 4.69) is 54.0 Å². The molecule has 34 heavy (non-hydrogen) atoms. The number of fused-ring (bicyclic) bond motifs is 3. The molecule has 0 saturated carbocycles. The Morgan fingerprint density at radius 1 is 1.00 bits per heavy atom. The molecule has 3 aromatic carbocycles. The first kappa shape index (κ1) is 22.2. The first-order valence-corrected chi connectivity index (χ1v) is 11.8. The van der Waals surface area contributed by atoms with Gasteiger partial charge in [-0.15, -0.1) is 0 Å². The highest BCUT2D eigenvalue weighted by atomic mass is 32.1.